The monoisotopic (exact) mass is 296 g/mol. The van der Waals surface area contributed by atoms with Gasteiger partial charge >= 0.3 is 16.5 Å². The van der Waals surface area contributed by atoms with Crippen molar-refractivity contribution in [2.45, 2.75) is 0 Å². The Labute approximate surface area is 115 Å². The molecule has 0 fully saturated rings. The summed E-state index contributed by atoms with van der Waals surface area (Å²) in [6.45, 7) is 0. The first kappa shape index (κ1) is 14.0. The van der Waals surface area contributed by atoms with Crippen LogP contribution in [0.25, 0.3) is 0 Å². The van der Waals surface area contributed by atoms with E-state index in [0.29, 0.717) is 5.56 Å². The highest BCUT2D eigenvalue weighted by atomic mass is 32.3. The minimum atomic E-state index is -5.06. The molecule has 0 N–H and O–H groups in total. The van der Waals surface area contributed by atoms with Crippen LogP contribution in [0.4, 0.5) is 3.89 Å². The Morgan fingerprint density at radius 2 is 1.45 bits per heavy atom. The van der Waals surface area contributed by atoms with E-state index in [2.05, 4.69) is 4.18 Å². The van der Waals surface area contributed by atoms with E-state index in [4.69, 9.17) is 4.74 Å². The van der Waals surface area contributed by atoms with Crippen LogP contribution in [0.5, 0.6) is 11.5 Å². The Hall–Kier alpha value is -2.41. The molecule has 104 valence electrons. The number of esters is 1. The molecular formula is C13H9FO5S. The SMILES string of the molecule is O=C(Oc1ccc(OS(=O)(=O)F)cc1)c1ccccc1. The van der Waals surface area contributed by atoms with Gasteiger partial charge in [-0.05, 0) is 36.4 Å². The molecule has 2 aromatic carbocycles. The molecule has 0 heterocycles. The molecule has 2 rings (SSSR count). The van der Waals surface area contributed by atoms with E-state index in [1.54, 1.807) is 30.3 Å². The topological polar surface area (TPSA) is 69.7 Å². The fourth-order valence-corrected chi connectivity index (χ4v) is 1.76. The fraction of sp³-hybridized carbons (Fsp3) is 0. The molecule has 0 aromatic heterocycles. The molecule has 0 aliphatic carbocycles. The van der Waals surface area contributed by atoms with E-state index in [-0.39, 0.29) is 11.5 Å². The zero-order chi connectivity index (χ0) is 14.6. The van der Waals surface area contributed by atoms with E-state index in [9.17, 15) is 17.1 Å². The number of hydrogen-bond acceptors (Lipinski definition) is 5. The molecular weight excluding hydrogens is 287 g/mol. The second-order valence-electron chi connectivity index (χ2n) is 3.70. The summed E-state index contributed by atoms with van der Waals surface area (Å²) in [6, 6.07) is 13.3. The zero-order valence-corrected chi connectivity index (χ0v) is 10.8. The van der Waals surface area contributed by atoms with E-state index in [1.807, 2.05) is 0 Å². The number of rotatable bonds is 4. The van der Waals surface area contributed by atoms with Gasteiger partial charge in [0.1, 0.15) is 11.5 Å². The Bertz CT molecular complexity index is 695. The molecule has 2 aromatic rings. The quantitative estimate of drug-likeness (QED) is 0.492. The van der Waals surface area contributed by atoms with Gasteiger partial charge in [0, 0.05) is 0 Å². The van der Waals surface area contributed by atoms with Gasteiger partial charge in [-0.1, -0.05) is 22.1 Å². The first-order valence-corrected chi connectivity index (χ1v) is 6.76. The van der Waals surface area contributed by atoms with Crippen molar-refractivity contribution < 1.29 is 26.0 Å². The maximum absolute atomic E-state index is 12.3. The van der Waals surface area contributed by atoms with Crippen LogP contribution in [0.3, 0.4) is 0 Å². The minimum absolute atomic E-state index is 0.183. The molecule has 0 saturated carbocycles. The van der Waals surface area contributed by atoms with Gasteiger partial charge < -0.3 is 8.92 Å². The molecule has 7 heteroatoms. The highest BCUT2D eigenvalue weighted by Crippen LogP contribution is 2.20. The van der Waals surface area contributed by atoms with Crippen LogP contribution in [0, 0.1) is 0 Å². The van der Waals surface area contributed by atoms with Crippen LogP contribution in [0.2, 0.25) is 0 Å². The highest BCUT2D eigenvalue weighted by Gasteiger charge is 2.11. The molecule has 0 spiro atoms. The van der Waals surface area contributed by atoms with Gasteiger partial charge in [0.15, 0.2) is 0 Å². The summed E-state index contributed by atoms with van der Waals surface area (Å²) in [5.41, 5.74) is 0.374. The Balaban J connectivity index is 2.06. The van der Waals surface area contributed by atoms with Crippen molar-refractivity contribution in [3.05, 3.63) is 60.2 Å². The number of carbonyl (C=O) groups excluding carboxylic acids is 1. The lowest BCUT2D eigenvalue weighted by Gasteiger charge is -2.05. The van der Waals surface area contributed by atoms with Crippen LogP contribution in [-0.2, 0) is 10.5 Å². The largest absolute Gasteiger partial charge is 0.488 e. The normalized spacial score (nSPS) is 10.8. The second-order valence-corrected chi connectivity index (χ2v) is 4.66. The van der Waals surface area contributed by atoms with Crippen molar-refractivity contribution in [1.29, 1.82) is 0 Å². The summed E-state index contributed by atoms with van der Waals surface area (Å²) in [5.74, 6) is -0.591. The van der Waals surface area contributed by atoms with Crippen molar-refractivity contribution >= 4 is 16.5 Å². The standard InChI is InChI=1S/C13H9FO5S/c14-20(16,17)19-12-8-6-11(7-9-12)18-13(15)10-4-2-1-3-5-10/h1-9H. The maximum Gasteiger partial charge on any atom is 0.488 e. The van der Waals surface area contributed by atoms with Gasteiger partial charge in [0.05, 0.1) is 5.56 Å². The zero-order valence-electron chi connectivity index (χ0n) is 10.0. The Morgan fingerprint density at radius 3 is 2.00 bits per heavy atom. The van der Waals surface area contributed by atoms with Gasteiger partial charge in [0.25, 0.3) is 0 Å². The summed E-state index contributed by atoms with van der Waals surface area (Å²) >= 11 is 0. The van der Waals surface area contributed by atoms with Crippen molar-refractivity contribution in [3.8, 4) is 11.5 Å². The van der Waals surface area contributed by atoms with Crippen LogP contribution < -0.4 is 8.92 Å². The number of hydrogen-bond donors (Lipinski definition) is 0. The lowest BCUT2D eigenvalue weighted by atomic mass is 10.2. The Kier molecular flexibility index (Phi) is 3.99. The second kappa shape index (κ2) is 5.70. The average Bonchev–Trinajstić information content (AvgIpc) is 2.40. The summed E-state index contributed by atoms with van der Waals surface area (Å²) in [7, 11) is -5.06. The molecule has 0 aliphatic rings. The van der Waals surface area contributed by atoms with Gasteiger partial charge in [0.2, 0.25) is 0 Å². The van der Waals surface area contributed by atoms with Gasteiger partial charge in [-0.15, -0.1) is 0 Å². The molecule has 0 atom stereocenters. The van der Waals surface area contributed by atoms with Crippen molar-refractivity contribution in [3.63, 3.8) is 0 Å². The number of ether oxygens (including phenoxy) is 1. The smallest absolute Gasteiger partial charge is 0.423 e. The van der Waals surface area contributed by atoms with Crippen molar-refractivity contribution in [2.75, 3.05) is 0 Å². The van der Waals surface area contributed by atoms with E-state index >= 15 is 0 Å². The summed E-state index contributed by atoms with van der Waals surface area (Å²) in [6.07, 6.45) is 0. The maximum atomic E-state index is 12.3. The predicted octanol–water partition coefficient (Wildman–Crippen LogP) is 2.50. The summed E-state index contributed by atoms with van der Waals surface area (Å²) in [5, 5.41) is 0. The lowest BCUT2D eigenvalue weighted by Crippen LogP contribution is -2.08. The average molecular weight is 296 g/mol. The van der Waals surface area contributed by atoms with Crippen LogP contribution in [-0.4, -0.2) is 14.4 Å². The third-order valence-corrected chi connectivity index (χ3v) is 2.63. The van der Waals surface area contributed by atoms with E-state index in [0.717, 1.165) is 0 Å². The molecule has 0 saturated heterocycles. The van der Waals surface area contributed by atoms with E-state index < -0.39 is 16.5 Å². The number of carbonyl (C=O) groups is 1. The lowest BCUT2D eigenvalue weighted by molar-refractivity contribution is 0.0734. The molecule has 0 aliphatic heterocycles. The summed E-state index contributed by atoms with van der Waals surface area (Å²) in [4.78, 5) is 11.7. The molecule has 0 amide bonds. The van der Waals surface area contributed by atoms with Crippen molar-refractivity contribution in [1.82, 2.24) is 0 Å². The molecule has 20 heavy (non-hydrogen) atoms. The third-order valence-electron chi connectivity index (χ3n) is 2.24. The number of halogens is 1. The molecule has 0 unspecified atom stereocenters. The first-order chi connectivity index (χ1) is 9.44. The number of benzene rings is 2. The van der Waals surface area contributed by atoms with Gasteiger partial charge in [-0.2, -0.15) is 8.42 Å². The third kappa shape index (κ3) is 4.06. The molecule has 0 bridgehead atoms. The predicted molar refractivity (Wildman–Crippen MR) is 68.5 cm³/mol. The highest BCUT2D eigenvalue weighted by molar-refractivity contribution is 7.81. The van der Waals surface area contributed by atoms with E-state index in [1.165, 1.54) is 24.3 Å². The minimum Gasteiger partial charge on any atom is -0.423 e. The Morgan fingerprint density at radius 1 is 0.900 bits per heavy atom. The summed E-state index contributed by atoms with van der Waals surface area (Å²) < 4.78 is 41.9. The van der Waals surface area contributed by atoms with Crippen molar-refractivity contribution in [2.24, 2.45) is 0 Å². The molecule has 0 radical (unpaired) electrons. The van der Waals surface area contributed by atoms with Crippen LogP contribution in [0.1, 0.15) is 10.4 Å². The van der Waals surface area contributed by atoms with Gasteiger partial charge in [-0.25, -0.2) is 4.79 Å². The van der Waals surface area contributed by atoms with Crippen LogP contribution >= 0.6 is 0 Å². The van der Waals surface area contributed by atoms with Crippen LogP contribution in [0.15, 0.2) is 54.6 Å². The fourth-order valence-electron chi connectivity index (χ4n) is 1.42. The first-order valence-electron chi connectivity index (χ1n) is 5.45. The molecule has 5 nitrogen and oxygen atoms in total. The van der Waals surface area contributed by atoms with Gasteiger partial charge in [-0.3, -0.25) is 0 Å².